The first kappa shape index (κ1) is 12.4. The zero-order valence-electron chi connectivity index (χ0n) is 9.85. The number of thioether (sulfide) groups is 1. The Balaban J connectivity index is 1.89. The third-order valence-electron chi connectivity index (χ3n) is 2.78. The van der Waals surface area contributed by atoms with Crippen molar-refractivity contribution in [1.29, 1.82) is 0 Å². The van der Waals surface area contributed by atoms with Crippen LogP contribution in [0.15, 0.2) is 24.5 Å². The number of nitrogens with one attached hydrogen (secondary N) is 2. The Morgan fingerprint density at radius 2 is 2.59 bits per heavy atom. The van der Waals surface area contributed by atoms with E-state index in [4.69, 9.17) is 0 Å². The summed E-state index contributed by atoms with van der Waals surface area (Å²) in [5.74, 6) is 2.02. The monoisotopic (exact) mass is 251 g/mol. The first-order valence-electron chi connectivity index (χ1n) is 5.79. The number of nitrogens with zero attached hydrogens (tertiary/aromatic N) is 1. The molecule has 0 bridgehead atoms. The summed E-state index contributed by atoms with van der Waals surface area (Å²) < 4.78 is 0. The number of rotatable bonds is 3. The van der Waals surface area contributed by atoms with Gasteiger partial charge < -0.3 is 10.6 Å². The summed E-state index contributed by atoms with van der Waals surface area (Å²) in [6.07, 6.45) is 3.52. The quantitative estimate of drug-likeness (QED) is 0.840. The average molecular weight is 251 g/mol. The fraction of sp³-hybridized carbons (Fsp3) is 0.500. The van der Waals surface area contributed by atoms with Gasteiger partial charge in [-0.15, -0.1) is 0 Å². The zero-order chi connectivity index (χ0) is 12.1. The SMILES string of the molecule is C[C@@H](NC(=O)C1CSCCN1)c1cccnc1. The number of hydrogen-bond donors (Lipinski definition) is 2. The number of hydrogen-bond acceptors (Lipinski definition) is 4. The molecule has 17 heavy (non-hydrogen) atoms. The van der Waals surface area contributed by atoms with Crippen molar-refractivity contribution in [2.75, 3.05) is 18.1 Å². The molecule has 2 atom stereocenters. The number of aromatic nitrogens is 1. The van der Waals surface area contributed by atoms with Gasteiger partial charge in [-0.3, -0.25) is 9.78 Å². The van der Waals surface area contributed by atoms with Crippen LogP contribution in [0.3, 0.4) is 0 Å². The molecule has 0 saturated carbocycles. The van der Waals surface area contributed by atoms with Crippen LogP contribution in [-0.2, 0) is 4.79 Å². The summed E-state index contributed by atoms with van der Waals surface area (Å²) in [6.45, 7) is 2.88. The molecule has 1 aliphatic rings. The van der Waals surface area contributed by atoms with Gasteiger partial charge in [0, 0.05) is 30.4 Å². The lowest BCUT2D eigenvalue weighted by molar-refractivity contribution is -0.123. The molecule has 1 amide bonds. The van der Waals surface area contributed by atoms with Crippen LogP contribution in [0.25, 0.3) is 0 Å². The fourth-order valence-corrected chi connectivity index (χ4v) is 2.70. The molecule has 1 fully saturated rings. The molecule has 1 unspecified atom stereocenters. The van der Waals surface area contributed by atoms with Crippen molar-refractivity contribution in [3.05, 3.63) is 30.1 Å². The summed E-state index contributed by atoms with van der Waals surface area (Å²) in [5, 5.41) is 6.24. The highest BCUT2D eigenvalue weighted by Crippen LogP contribution is 2.12. The lowest BCUT2D eigenvalue weighted by atomic mass is 10.1. The van der Waals surface area contributed by atoms with Gasteiger partial charge >= 0.3 is 0 Å². The molecule has 1 saturated heterocycles. The molecule has 2 heterocycles. The maximum atomic E-state index is 12.0. The van der Waals surface area contributed by atoms with Crippen LogP contribution in [0.2, 0.25) is 0 Å². The van der Waals surface area contributed by atoms with Gasteiger partial charge in [-0.25, -0.2) is 0 Å². The molecule has 0 aliphatic carbocycles. The molecule has 1 aliphatic heterocycles. The van der Waals surface area contributed by atoms with Crippen molar-refractivity contribution < 1.29 is 4.79 Å². The van der Waals surface area contributed by atoms with Gasteiger partial charge in [0.05, 0.1) is 12.1 Å². The predicted molar refractivity (Wildman–Crippen MR) is 69.9 cm³/mol. The number of pyridine rings is 1. The van der Waals surface area contributed by atoms with Gasteiger partial charge in [-0.2, -0.15) is 11.8 Å². The molecular weight excluding hydrogens is 234 g/mol. The maximum absolute atomic E-state index is 12.0. The second kappa shape index (κ2) is 6.02. The van der Waals surface area contributed by atoms with Crippen molar-refractivity contribution in [1.82, 2.24) is 15.6 Å². The highest BCUT2D eigenvalue weighted by Gasteiger charge is 2.22. The Morgan fingerprint density at radius 1 is 1.71 bits per heavy atom. The minimum Gasteiger partial charge on any atom is -0.348 e. The van der Waals surface area contributed by atoms with E-state index in [0.29, 0.717) is 0 Å². The normalized spacial score (nSPS) is 21.8. The van der Waals surface area contributed by atoms with Crippen molar-refractivity contribution >= 4 is 17.7 Å². The molecular formula is C12H17N3OS. The molecule has 2 N–H and O–H groups in total. The summed E-state index contributed by atoms with van der Waals surface area (Å²) in [4.78, 5) is 16.0. The predicted octanol–water partition coefficient (Wildman–Crippen LogP) is 0.964. The summed E-state index contributed by atoms with van der Waals surface area (Å²) in [6, 6.07) is 3.80. The van der Waals surface area contributed by atoms with Crippen LogP contribution >= 0.6 is 11.8 Å². The van der Waals surface area contributed by atoms with E-state index >= 15 is 0 Å². The van der Waals surface area contributed by atoms with Crippen molar-refractivity contribution in [3.8, 4) is 0 Å². The summed E-state index contributed by atoms with van der Waals surface area (Å²) >= 11 is 1.82. The Labute approximate surface area is 106 Å². The number of carbonyl (C=O) groups is 1. The third-order valence-corrected chi connectivity index (χ3v) is 3.84. The van der Waals surface area contributed by atoms with Crippen LogP contribution < -0.4 is 10.6 Å². The minimum absolute atomic E-state index is 0.00456. The topological polar surface area (TPSA) is 54.0 Å². The average Bonchev–Trinajstić information content (AvgIpc) is 2.40. The van der Waals surface area contributed by atoms with E-state index in [1.54, 1.807) is 12.4 Å². The van der Waals surface area contributed by atoms with Crippen molar-refractivity contribution in [3.63, 3.8) is 0 Å². The van der Waals surface area contributed by atoms with Gasteiger partial charge in [0.15, 0.2) is 0 Å². The van der Waals surface area contributed by atoms with E-state index in [0.717, 1.165) is 23.6 Å². The molecule has 1 aromatic rings. The standard InChI is InChI=1S/C12H17N3OS/c1-9(10-3-2-4-13-7-10)15-12(16)11-8-17-6-5-14-11/h2-4,7,9,11,14H,5-6,8H2,1H3,(H,15,16)/t9-,11?/m1/s1. The number of amides is 1. The van der Waals surface area contributed by atoms with Crippen molar-refractivity contribution in [2.24, 2.45) is 0 Å². The van der Waals surface area contributed by atoms with Gasteiger partial charge in [0.1, 0.15) is 0 Å². The highest BCUT2D eigenvalue weighted by atomic mass is 32.2. The fourth-order valence-electron chi connectivity index (χ4n) is 1.76. The third kappa shape index (κ3) is 3.44. The smallest absolute Gasteiger partial charge is 0.238 e. The lowest BCUT2D eigenvalue weighted by Crippen LogP contribution is -2.49. The van der Waals surface area contributed by atoms with Gasteiger partial charge in [-0.05, 0) is 18.6 Å². The van der Waals surface area contributed by atoms with Gasteiger partial charge in [0.2, 0.25) is 5.91 Å². The minimum atomic E-state index is -0.0622. The van der Waals surface area contributed by atoms with Crippen LogP contribution in [0.4, 0.5) is 0 Å². The van der Waals surface area contributed by atoms with Crippen LogP contribution in [0.5, 0.6) is 0 Å². The Morgan fingerprint density at radius 3 is 3.24 bits per heavy atom. The van der Waals surface area contributed by atoms with Gasteiger partial charge in [0.25, 0.3) is 0 Å². The lowest BCUT2D eigenvalue weighted by Gasteiger charge is -2.24. The molecule has 0 radical (unpaired) electrons. The molecule has 5 heteroatoms. The van der Waals surface area contributed by atoms with Gasteiger partial charge in [-0.1, -0.05) is 6.07 Å². The van der Waals surface area contributed by atoms with E-state index in [9.17, 15) is 4.79 Å². The van der Waals surface area contributed by atoms with E-state index in [2.05, 4.69) is 15.6 Å². The van der Waals surface area contributed by atoms with Crippen LogP contribution in [0.1, 0.15) is 18.5 Å². The zero-order valence-corrected chi connectivity index (χ0v) is 10.7. The largest absolute Gasteiger partial charge is 0.348 e. The van der Waals surface area contributed by atoms with Crippen molar-refractivity contribution in [2.45, 2.75) is 19.0 Å². The summed E-state index contributed by atoms with van der Waals surface area (Å²) in [7, 11) is 0. The Kier molecular flexibility index (Phi) is 4.39. The molecule has 4 nitrogen and oxygen atoms in total. The molecule has 92 valence electrons. The van der Waals surface area contributed by atoms with E-state index < -0.39 is 0 Å². The second-order valence-corrected chi connectivity index (χ2v) is 5.25. The van der Waals surface area contributed by atoms with E-state index in [1.165, 1.54) is 0 Å². The van der Waals surface area contributed by atoms with E-state index in [-0.39, 0.29) is 18.0 Å². The number of carbonyl (C=O) groups excluding carboxylic acids is 1. The van der Waals surface area contributed by atoms with Crippen LogP contribution in [0, 0.1) is 0 Å². The second-order valence-electron chi connectivity index (χ2n) is 4.10. The highest BCUT2D eigenvalue weighted by molar-refractivity contribution is 7.99. The van der Waals surface area contributed by atoms with E-state index in [1.807, 2.05) is 30.8 Å². The Bertz CT molecular complexity index is 365. The molecule has 2 rings (SSSR count). The maximum Gasteiger partial charge on any atom is 0.238 e. The molecule has 0 spiro atoms. The van der Waals surface area contributed by atoms with Crippen LogP contribution in [-0.4, -0.2) is 35.0 Å². The first-order valence-corrected chi connectivity index (χ1v) is 6.94. The molecule has 0 aromatic carbocycles. The first-order chi connectivity index (χ1) is 8.27. The Hall–Kier alpha value is -1.07. The molecule has 1 aromatic heterocycles. The summed E-state index contributed by atoms with van der Waals surface area (Å²) in [5.41, 5.74) is 1.03.